The normalized spacial score (nSPS) is 10.3. The predicted molar refractivity (Wildman–Crippen MR) is 78.5 cm³/mol. The SMILES string of the molecule is Nc1ccccc1CC(=O)OCc1ccc(F)c(Br)c1. The molecule has 3 nitrogen and oxygen atoms in total. The molecule has 0 aliphatic rings. The minimum Gasteiger partial charge on any atom is -0.461 e. The third kappa shape index (κ3) is 3.81. The molecule has 0 aliphatic heterocycles. The summed E-state index contributed by atoms with van der Waals surface area (Å²) in [4.78, 5) is 11.7. The second-order valence-corrected chi connectivity index (χ2v) is 5.14. The first-order valence-corrected chi connectivity index (χ1v) is 6.78. The molecule has 2 aromatic carbocycles. The summed E-state index contributed by atoms with van der Waals surface area (Å²) >= 11 is 3.08. The van der Waals surface area contributed by atoms with Gasteiger partial charge in [-0.15, -0.1) is 0 Å². The van der Waals surface area contributed by atoms with Gasteiger partial charge in [0.15, 0.2) is 0 Å². The first kappa shape index (κ1) is 14.5. The van der Waals surface area contributed by atoms with E-state index >= 15 is 0 Å². The summed E-state index contributed by atoms with van der Waals surface area (Å²) in [6.07, 6.45) is 0.120. The van der Waals surface area contributed by atoms with Crippen molar-refractivity contribution in [3.8, 4) is 0 Å². The lowest BCUT2D eigenvalue weighted by Gasteiger charge is -2.07. The van der Waals surface area contributed by atoms with Gasteiger partial charge in [-0.1, -0.05) is 24.3 Å². The number of benzene rings is 2. The summed E-state index contributed by atoms with van der Waals surface area (Å²) in [5, 5.41) is 0. The summed E-state index contributed by atoms with van der Waals surface area (Å²) in [7, 11) is 0. The maximum Gasteiger partial charge on any atom is 0.310 e. The Bertz CT molecular complexity index is 631. The molecule has 20 heavy (non-hydrogen) atoms. The van der Waals surface area contributed by atoms with Gasteiger partial charge in [0.2, 0.25) is 0 Å². The largest absolute Gasteiger partial charge is 0.461 e. The highest BCUT2D eigenvalue weighted by atomic mass is 79.9. The fourth-order valence-corrected chi connectivity index (χ4v) is 2.12. The molecule has 2 aromatic rings. The highest BCUT2D eigenvalue weighted by Gasteiger charge is 2.08. The maximum absolute atomic E-state index is 13.1. The topological polar surface area (TPSA) is 52.3 Å². The van der Waals surface area contributed by atoms with E-state index in [2.05, 4.69) is 15.9 Å². The molecule has 5 heteroatoms. The van der Waals surface area contributed by atoms with Crippen LogP contribution >= 0.6 is 15.9 Å². The molecule has 0 radical (unpaired) electrons. The number of nitrogens with two attached hydrogens (primary N) is 1. The smallest absolute Gasteiger partial charge is 0.310 e. The van der Waals surface area contributed by atoms with Gasteiger partial charge in [-0.2, -0.15) is 0 Å². The molecule has 0 heterocycles. The summed E-state index contributed by atoms with van der Waals surface area (Å²) in [6, 6.07) is 11.6. The monoisotopic (exact) mass is 337 g/mol. The van der Waals surface area contributed by atoms with Crippen LogP contribution in [-0.2, 0) is 22.6 Å². The van der Waals surface area contributed by atoms with Crippen molar-refractivity contribution in [1.29, 1.82) is 0 Å². The minimum atomic E-state index is -0.372. The van der Waals surface area contributed by atoms with Crippen molar-refractivity contribution >= 4 is 27.6 Å². The highest BCUT2D eigenvalue weighted by Crippen LogP contribution is 2.18. The number of rotatable bonds is 4. The molecule has 0 fully saturated rings. The number of hydrogen-bond donors (Lipinski definition) is 1. The van der Waals surface area contributed by atoms with Gasteiger partial charge in [0.1, 0.15) is 12.4 Å². The van der Waals surface area contributed by atoms with Gasteiger partial charge in [0, 0.05) is 5.69 Å². The van der Waals surface area contributed by atoms with Crippen LogP contribution in [0.1, 0.15) is 11.1 Å². The number of halogens is 2. The summed E-state index contributed by atoms with van der Waals surface area (Å²) in [5.41, 5.74) is 7.77. The quantitative estimate of drug-likeness (QED) is 0.686. The van der Waals surface area contributed by atoms with Crippen LogP contribution in [0.5, 0.6) is 0 Å². The molecule has 0 unspecified atom stereocenters. The molecule has 0 aliphatic carbocycles. The lowest BCUT2D eigenvalue weighted by atomic mass is 10.1. The van der Waals surface area contributed by atoms with Crippen LogP contribution in [0.4, 0.5) is 10.1 Å². The lowest BCUT2D eigenvalue weighted by Crippen LogP contribution is -2.09. The maximum atomic E-state index is 13.1. The Morgan fingerprint density at radius 1 is 1.25 bits per heavy atom. The minimum absolute atomic E-state index is 0.102. The number of para-hydroxylation sites is 1. The third-order valence-electron chi connectivity index (χ3n) is 2.77. The number of ether oxygens (including phenoxy) is 1. The second-order valence-electron chi connectivity index (χ2n) is 4.28. The Hall–Kier alpha value is -1.88. The molecule has 0 atom stereocenters. The van der Waals surface area contributed by atoms with Crippen molar-refractivity contribution in [3.05, 3.63) is 63.9 Å². The van der Waals surface area contributed by atoms with E-state index in [0.717, 1.165) is 5.56 Å². The van der Waals surface area contributed by atoms with Crippen LogP contribution < -0.4 is 5.73 Å². The average molecular weight is 338 g/mol. The van der Waals surface area contributed by atoms with Crippen LogP contribution in [0.2, 0.25) is 0 Å². The molecule has 2 rings (SSSR count). The van der Waals surface area contributed by atoms with Crippen molar-refractivity contribution in [2.75, 3.05) is 5.73 Å². The zero-order chi connectivity index (χ0) is 14.5. The first-order chi connectivity index (χ1) is 9.56. The van der Waals surface area contributed by atoms with Gasteiger partial charge < -0.3 is 10.5 Å². The van der Waals surface area contributed by atoms with Crippen molar-refractivity contribution < 1.29 is 13.9 Å². The Labute approximate surface area is 124 Å². The number of carbonyl (C=O) groups is 1. The standard InChI is InChI=1S/C15H13BrFNO2/c16-12-7-10(5-6-13(12)17)9-20-15(19)8-11-3-1-2-4-14(11)18/h1-7H,8-9,18H2. The predicted octanol–water partition coefficient (Wildman–Crippen LogP) is 3.46. The van der Waals surface area contributed by atoms with Gasteiger partial charge in [0.05, 0.1) is 10.9 Å². The van der Waals surface area contributed by atoms with Crippen molar-refractivity contribution in [1.82, 2.24) is 0 Å². The molecule has 0 bridgehead atoms. The van der Waals surface area contributed by atoms with E-state index < -0.39 is 0 Å². The summed E-state index contributed by atoms with van der Waals surface area (Å²) in [6.45, 7) is 0.102. The van der Waals surface area contributed by atoms with Crippen molar-refractivity contribution in [2.45, 2.75) is 13.0 Å². The Balaban J connectivity index is 1.92. The lowest BCUT2D eigenvalue weighted by molar-refractivity contribution is -0.144. The Kier molecular flexibility index (Phi) is 4.74. The van der Waals surface area contributed by atoms with E-state index in [1.54, 1.807) is 30.3 Å². The molecule has 0 saturated carbocycles. The molecular formula is C15H13BrFNO2. The van der Waals surface area contributed by atoms with E-state index in [1.807, 2.05) is 6.07 Å². The molecule has 2 N–H and O–H groups in total. The number of anilines is 1. The molecule has 0 spiro atoms. The zero-order valence-corrected chi connectivity index (χ0v) is 12.2. The van der Waals surface area contributed by atoms with E-state index in [1.165, 1.54) is 6.07 Å². The number of hydrogen-bond acceptors (Lipinski definition) is 3. The molecule has 0 amide bonds. The van der Waals surface area contributed by atoms with Crippen LogP contribution in [0.15, 0.2) is 46.9 Å². The van der Waals surface area contributed by atoms with Crippen LogP contribution in [0, 0.1) is 5.82 Å². The van der Waals surface area contributed by atoms with E-state index in [9.17, 15) is 9.18 Å². The molecular weight excluding hydrogens is 325 g/mol. The third-order valence-corrected chi connectivity index (χ3v) is 3.38. The molecule has 0 saturated heterocycles. The Morgan fingerprint density at radius 2 is 2.00 bits per heavy atom. The van der Waals surface area contributed by atoms with Gasteiger partial charge in [-0.05, 0) is 45.3 Å². The van der Waals surface area contributed by atoms with Gasteiger partial charge >= 0.3 is 5.97 Å². The fraction of sp³-hybridized carbons (Fsp3) is 0.133. The average Bonchev–Trinajstić information content (AvgIpc) is 2.43. The van der Waals surface area contributed by atoms with Crippen LogP contribution in [-0.4, -0.2) is 5.97 Å². The van der Waals surface area contributed by atoms with Crippen LogP contribution in [0.3, 0.4) is 0 Å². The second kappa shape index (κ2) is 6.52. The van der Waals surface area contributed by atoms with Gasteiger partial charge in [0.25, 0.3) is 0 Å². The molecule has 0 aromatic heterocycles. The van der Waals surface area contributed by atoms with Crippen molar-refractivity contribution in [3.63, 3.8) is 0 Å². The van der Waals surface area contributed by atoms with Crippen LogP contribution in [0.25, 0.3) is 0 Å². The van der Waals surface area contributed by atoms with E-state index in [4.69, 9.17) is 10.5 Å². The summed E-state index contributed by atoms with van der Waals surface area (Å²) < 4.78 is 18.6. The first-order valence-electron chi connectivity index (χ1n) is 5.99. The van der Waals surface area contributed by atoms with E-state index in [-0.39, 0.29) is 24.8 Å². The van der Waals surface area contributed by atoms with Gasteiger partial charge in [-0.25, -0.2) is 4.39 Å². The van der Waals surface area contributed by atoms with E-state index in [0.29, 0.717) is 15.7 Å². The fourth-order valence-electron chi connectivity index (χ4n) is 1.69. The van der Waals surface area contributed by atoms with Gasteiger partial charge in [-0.3, -0.25) is 4.79 Å². The Morgan fingerprint density at radius 3 is 2.70 bits per heavy atom. The number of nitrogen functional groups attached to an aromatic ring is 1. The number of esters is 1. The highest BCUT2D eigenvalue weighted by molar-refractivity contribution is 9.10. The van der Waals surface area contributed by atoms with Crippen molar-refractivity contribution in [2.24, 2.45) is 0 Å². The molecule has 104 valence electrons. The number of carbonyl (C=O) groups excluding carboxylic acids is 1. The zero-order valence-electron chi connectivity index (χ0n) is 10.6. The summed E-state index contributed by atoms with van der Waals surface area (Å²) in [5.74, 6) is -0.722.